The van der Waals surface area contributed by atoms with Gasteiger partial charge >= 0.3 is 6.36 Å². The van der Waals surface area contributed by atoms with Crippen LogP contribution in [0.3, 0.4) is 0 Å². The highest BCUT2D eigenvalue weighted by Gasteiger charge is 2.32. The number of rotatable bonds is 6. The predicted octanol–water partition coefficient (Wildman–Crippen LogP) is 3.58. The molecular weight excluding hydrogens is 333 g/mol. The van der Waals surface area contributed by atoms with E-state index in [4.69, 9.17) is 5.73 Å². The number of aliphatic imine (C=N–C) groups is 1. The van der Waals surface area contributed by atoms with Crippen LogP contribution in [-0.2, 0) is 0 Å². The average Bonchev–Trinajstić information content (AvgIpc) is 2.56. The lowest BCUT2D eigenvalue weighted by molar-refractivity contribution is -0.274. The number of alkyl halides is 3. The zero-order chi connectivity index (χ0) is 18.3. The number of ether oxygens (including phenoxy) is 1. The summed E-state index contributed by atoms with van der Waals surface area (Å²) in [4.78, 5) is 6.65. The third-order valence-corrected chi connectivity index (χ3v) is 4.22. The van der Waals surface area contributed by atoms with Gasteiger partial charge < -0.3 is 20.7 Å². The van der Waals surface area contributed by atoms with Crippen LogP contribution in [-0.4, -0.2) is 42.9 Å². The SMILES string of the molecule is CC(CCN=C(N)Nc1ccccc1OC(F)(F)F)N1CCCCC1. The van der Waals surface area contributed by atoms with E-state index in [1.807, 2.05) is 0 Å². The van der Waals surface area contributed by atoms with Crippen molar-refractivity contribution in [3.63, 3.8) is 0 Å². The number of nitrogens with two attached hydrogens (primary N) is 1. The summed E-state index contributed by atoms with van der Waals surface area (Å²) in [6.07, 6.45) is -0.158. The van der Waals surface area contributed by atoms with Gasteiger partial charge in [-0.05, 0) is 51.4 Å². The van der Waals surface area contributed by atoms with Gasteiger partial charge in [0.1, 0.15) is 0 Å². The van der Waals surface area contributed by atoms with Crippen molar-refractivity contribution in [3.05, 3.63) is 24.3 Å². The van der Waals surface area contributed by atoms with E-state index < -0.39 is 6.36 Å². The van der Waals surface area contributed by atoms with Gasteiger partial charge in [0.05, 0.1) is 5.69 Å². The van der Waals surface area contributed by atoms with Crippen molar-refractivity contribution in [3.8, 4) is 5.75 Å². The molecule has 1 saturated heterocycles. The molecule has 0 aliphatic carbocycles. The van der Waals surface area contributed by atoms with E-state index in [0.29, 0.717) is 12.6 Å². The average molecular weight is 358 g/mol. The van der Waals surface area contributed by atoms with Gasteiger partial charge in [-0.1, -0.05) is 18.6 Å². The summed E-state index contributed by atoms with van der Waals surface area (Å²) in [7, 11) is 0. The molecule has 0 saturated carbocycles. The Morgan fingerprint density at radius 3 is 2.64 bits per heavy atom. The van der Waals surface area contributed by atoms with Crippen molar-refractivity contribution in [1.82, 2.24) is 4.90 Å². The first-order valence-corrected chi connectivity index (χ1v) is 8.51. The highest BCUT2D eigenvalue weighted by atomic mass is 19.4. The molecule has 1 atom stereocenters. The maximum absolute atomic E-state index is 12.4. The third-order valence-electron chi connectivity index (χ3n) is 4.22. The van der Waals surface area contributed by atoms with E-state index >= 15 is 0 Å². The maximum atomic E-state index is 12.4. The number of nitrogens with zero attached hydrogens (tertiary/aromatic N) is 2. The molecule has 8 heteroatoms. The van der Waals surface area contributed by atoms with Crippen LogP contribution in [0.5, 0.6) is 5.75 Å². The number of likely N-dealkylation sites (tertiary alicyclic amines) is 1. The molecule has 0 amide bonds. The quantitative estimate of drug-likeness (QED) is 0.603. The Kier molecular flexibility index (Phi) is 6.92. The Bertz CT molecular complexity index is 571. The Labute approximate surface area is 146 Å². The van der Waals surface area contributed by atoms with Gasteiger partial charge in [0.25, 0.3) is 0 Å². The van der Waals surface area contributed by atoms with Crippen molar-refractivity contribution in [2.45, 2.75) is 45.0 Å². The standard InChI is InChI=1S/C17H25F3N4O/c1-13(24-11-5-2-6-12-24)9-10-22-16(21)23-14-7-3-4-8-15(14)25-17(18,19)20/h3-4,7-8,13H,2,5-6,9-12H2,1H3,(H3,21,22,23). The topological polar surface area (TPSA) is 62.9 Å². The second-order valence-electron chi connectivity index (χ2n) is 6.17. The molecule has 1 aromatic rings. The van der Waals surface area contributed by atoms with E-state index in [-0.39, 0.29) is 17.4 Å². The molecule has 1 fully saturated rings. The van der Waals surface area contributed by atoms with Gasteiger partial charge in [0.2, 0.25) is 0 Å². The summed E-state index contributed by atoms with van der Waals surface area (Å²) in [5.41, 5.74) is 5.92. The van der Waals surface area contributed by atoms with Crippen molar-refractivity contribution >= 4 is 11.6 Å². The molecule has 1 aliphatic heterocycles. The molecule has 140 valence electrons. The summed E-state index contributed by atoms with van der Waals surface area (Å²) in [5.74, 6) is -0.265. The van der Waals surface area contributed by atoms with Gasteiger partial charge in [-0.15, -0.1) is 13.2 Å². The molecule has 0 spiro atoms. The Morgan fingerprint density at radius 1 is 1.28 bits per heavy atom. The summed E-state index contributed by atoms with van der Waals surface area (Å²) >= 11 is 0. The fourth-order valence-electron chi connectivity index (χ4n) is 2.87. The number of para-hydroxylation sites is 2. The van der Waals surface area contributed by atoms with Gasteiger partial charge in [-0.25, -0.2) is 0 Å². The minimum atomic E-state index is -4.76. The number of piperidine rings is 1. The summed E-state index contributed by atoms with van der Waals surface area (Å²) < 4.78 is 41.2. The predicted molar refractivity (Wildman–Crippen MR) is 92.7 cm³/mol. The summed E-state index contributed by atoms with van der Waals surface area (Å²) in [6.45, 7) is 4.90. The van der Waals surface area contributed by atoms with Gasteiger partial charge in [-0.3, -0.25) is 4.99 Å². The Balaban J connectivity index is 1.86. The van der Waals surface area contributed by atoms with Crippen molar-refractivity contribution in [2.75, 3.05) is 25.0 Å². The molecule has 1 unspecified atom stereocenters. The Hall–Kier alpha value is -1.96. The Morgan fingerprint density at radius 2 is 1.96 bits per heavy atom. The van der Waals surface area contributed by atoms with E-state index in [9.17, 15) is 13.2 Å². The number of benzene rings is 1. The molecule has 1 aliphatic rings. The van der Waals surface area contributed by atoms with Gasteiger partial charge in [0.15, 0.2) is 11.7 Å². The van der Waals surface area contributed by atoms with E-state index in [2.05, 4.69) is 26.9 Å². The van der Waals surface area contributed by atoms with Crippen LogP contribution in [0.25, 0.3) is 0 Å². The zero-order valence-corrected chi connectivity index (χ0v) is 14.4. The van der Waals surface area contributed by atoms with Crippen LogP contribution in [0.4, 0.5) is 18.9 Å². The van der Waals surface area contributed by atoms with Crippen LogP contribution in [0.1, 0.15) is 32.6 Å². The van der Waals surface area contributed by atoms with Crippen molar-refractivity contribution < 1.29 is 17.9 Å². The fourth-order valence-corrected chi connectivity index (χ4v) is 2.87. The first kappa shape index (κ1) is 19.4. The smallest absolute Gasteiger partial charge is 0.404 e. The largest absolute Gasteiger partial charge is 0.573 e. The van der Waals surface area contributed by atoms with E-state index in [1.165, 1.54) is 37.5 Å². The van der Waals surface area contributed by atoms with Crippen LogP contribution in [0.15, 0.2) is 29.3 Å². The number of hydrogen-bond donors (Lipinski definition) is 2. The normalized spacial score (nSPS) is 18.0. The van der Waals surface area contributed by atoms with E-state index in [0.717, 1.165) is 19.5 Å². The van der Waals surface area contributed by atoms with Crippen LogP contribution >= 0.6 is 0 Å². The molecule has 2 rings (SSSR count). The maximum Gasteiger partial charge on any atom is 0.573 e. The lowest BCUT2D eigenvalue weighted by Crippen LogP contribution is -2.37. The molecule has 5 nitrogen and oxygen atoms in total. The number of guanidine groups is 1. The van der Waals surface area contributed by atoms with Crippen LogP contribution in [0.2, 0.25) is 0 Å². The molecule has 1 aromatic carbocycles. The number of anilines is 1. The van der Waals surface area contributed by atoms with Crippen molar-refractivity contribution in [1.29, 1.82) is 0 Å². The van der Waals surface area contributed by atoms with Crippen LogP contribution in [0, 0.1) is 0 Å². The number of nitrogens with one attached hydrogen (secondary N) is 1. The third kappa shape index (κ3) is 6.81. The van der Waals surface area contributed by atoms with Gasteiger partial charge in [-0.2, -0.15) is 0 Å². The number of hydrogen-bond acceptors (Lipinski definition) is 3. The van der Waals surface area contributed by atoms with Gasteiger partial charge in [0, 0.05) is 12.6 Å². The first-order chi connectivity index (χ1) is 11.8. The molecule has 0 radical (unpaired) electrons. The minimum absolute atomic E-state index is 0.0732. The second-order valence-corrected chi connectivity index (χ2v) is 6.17. The number of halogens is 3. The molecule has 0 aromatic heterocycles. The monoisotopic (exact) mass is 358 g/mol. The van der Waals surface area contributed by atoms with Crippen molar-refractivity contribution in [2.24, 2.45) is 10.7 Å². The fraction of sp³-hybridized carbons (Fsp3) is 0.588. The zero-order valence-electron chi connectivity index (χ0n) is 14.4. The molecular formula is C17H25F3N4O. The molecule has 25 heavy (non-hydrogen) atoms. The molecule has 3 N–H and O–H groups in total. The second kappa shape index (κ2) is 8.94. The molecule has 1 heterocycles. The lowest BCUT2D eigenvalue weighted by Gasteiger charge is -2.32. The van der Waals surface area contributed by atoms with E-state index in [1.54, 1.807) is 6.07 Å². The lowest BCUT2D eigenvalue weighted by atomic mass is 10.1. The van der Waals surface area contributed by atoms with Crippen LogP contribution < -0.4 is 15.8 Å². The molecule has 0 bridgehead atoms. The summed E-state index contributed by atoms with van der Waals surface area (Å²) in [6, 6.07) is 6.15. The highest BCUT2D eigenvalue weighted by molar-refractivity contribution is 5.93. The summed E-state index contributed by atoms with van der Waals surface area (Å²) in [5, 5.41) is 2.68. The first-order valence-electron chi connectivity index (χ1n) is 8.51. The highest BCUT2D eigenvalue weighted by Crippen LogP contribution is 2.29. The minimum Gasteiger partial charge on any atom is -0.404 e.